The quantitative estimate of drug-likeness (QED) is 0.596. The zero-order valence-corrected chi connectivity index (χ0v) is 13.7. The van der Waals surface area contributed by atoms with Crippen molar-refractivity contribution >= 4 is 17.9 Å². The van der Waals surface area contributed by atoms with Gasteiger partial charge < -0.3 is 9.64 Å². The van der Waals surface area contributed by atoms with Crippen LogP contribution in [0.25, 0.3) is 0 Å². The van der Waals surface area contributed by atoms with E-state index in [1.807, 2.05) is 18.4 Å². The predicted octanol–water partition coefficient (Wildman–Crippen LogP) is 2.80. The van der Waals surface area contributed by atoms with E-state index in [0.29, 0.717) is 0 Å². The number of aryl methyl sites for hydroxylation is 1. The maximum absolute atomic E-state index is 11.8. The third kappa shape index (κ3) is 4.02. The van der Waals surface area contributed by atoms with Crippen LogP contribution in [0.1, 0.15) is 30.4 Å². The zero-order chi connectivity index (χ0) is 16.8. The van der Waals surface area contributed by atoms with Gasteiger partial charge in [-0.25, -0.2) is 0 Å². The minimum absolute atomic E-state index is 0.165. The number of hydrogen-bond acceptors (Lipinski definition) is 5. The molecule has 124 valence electrons. The van der Waals surface area contributed by atoms with Crippen LogP contribution in [0.3, 0.4) is 0 Å². The smallest absolute Gasteiger partial charge is 0.310 e. The molecular formula is C19H21N3O2. The van der Waals surface area contributed by atoms with Gasteiger partial charge in [0, 0.05) is 24.9 Å². The molecule has 0 radical (unpaired) electrons. The van der Waals surface area contributed by atoms with E-state index in [-0.39, 0.29) is 25.4 Å². The predicted molar refractivity (Wildman–Crippen MR) is 93.1 cm³/mol. The van der Waals surface area contributed by atoms with Crippen LogP contribution in [-0.2, 0) is 22.4 Å². The number of allylic oxidation sites excluding steroid dienone is 1. The van der Waals surface area contributed by atoms with Gasteiger partial charge in [0.15, 0.2) is 0 Å². The number of ether oxygens (including phenoxy) is 1. The Labute approximate surface area is 142 Å². The molecule has 24 heavy (non-hydrogen) atoms. The first-order valence-electron chi connectivity index (χ1n) is 8.37. The van der Waals surface area contributed by atoms with Crippen molar-refractivity contribution in [2.24, 2.45) is 4.99 Å². The van der Waals surface area contributed by atoms with Gasteiger partial charge in [0.05, 0.1) is 31.2 Å². The van der Waals surface area contributed by atoms with Crippen LogP contribution >= 0.6 is 0 Å². The molecule has 2 heterocycles. The van der Waals surface area contributed by atoms with Crippen LogP contribution < -0.4 is 4.90 Å². The van der Waals surface area contributed by atoms with Gasteiger partial charge >= 0.3 is 5.97 Å². The molecule has 5 nitrogen and oxygen atoms in total. The highest BCUT2D eigenvalue weighted by Gasteiger charge is 2.19. The number of anilines is 1. The Hall–Kier alpha value is -2.61. The summed E-state index contributed by atoms with van der Waals surface area (Å²) in [6.45, 7) is 1.99. The third-order valence-electron chi connectivity index (χ3n) is 4.26. The lowest BCUT2D eigenvalue weighted by Gasteiger charge is -2.31. The fraction of sp³-hybridized carbons (Fsp3) is 0.421. The Morgan fingerprint density at radius 3 is 3.12 bits per heavy atom. The van der Waals surface area contributed by atoms with Gasteiger partial charge in [-0.15, -0.1) is 0 Å². The van der Waals surface area contributed by atoms with Crippen molar-refractivity contribution in [1.29, 1.82) is 5.26 Å². The van der Waals surface area contributed by atoms with E-state index in [2.05, 4.69) is 28.1 Å². The molecule has 0 unspecified atom stereocenters. The van der Waals surface area contributed by atoms with Crippen molar-refractivity contribution < 1.29 is 9.53 Å². The maximum Gasteiger partial charge on any atom is 0.310 e. The molecule has 1 aromatic carbocycles. The van der Waals surface area contributed by atoms with E-state index >= 15 is 0 Å². The Balaban J connectivity index is 1.69. The first kappa shape index (κ1) is 16.3. The van der Waals surface area contributed by atoms with E-state index in [1.165, 1.54) is 11.3 Å². The fourth-order valence-electron chi connectivity index (χ4n) is 3.11. The van der Waals surface area contributed by atoms with Crippen LogP contribution in [0.4, 0.5) is 5.69 Å². The summed E-state index contributed by atoms with van der Waals surface area (Å²) in [5.74, 6) is -0.282. The number of rotatable bonds is 6. The van der Waals surface area contributed by atoms with Crippen LogP contribution in [0.2, 0.25) is 0 Å². The van der Waals surface area contributed by atoms with E-state index in [1.54, 1.807) is 0 Å². The molecule has 0 aromatic heterocycles. The lowest BCUT2D eigenvalue weighted by Crippen LogP contribution is -2.31. The molecule has 0 N–H and O–H groups in total. The fourth-order valence-corrected chi connectivity index (χ4v) is 3.11. The lowest BCUT2D eigenvalue weighted by molar-refractivity contribution is -0.142. The van der Waals surface area contributed by atoms with Crippen LogP contribution in [-0.4, -0.2) is 31.9 Å². The highest BCUT2D eigenvalue weighted by atomic mass is 16.5. The molecule has 0 atom stereocenters. The zero-order valence-electron chi connectivity index (χ0n) is 13.7. The first-order valence-corrected chi connectivity index (χ1v) is 8.37. The second kappa shape index (κ2) is 7.78. The average molecular weight is 323 g/mol. The van der Waals surface area contributed by atoms with Crippen molar-refractivity contribution in [1.82, 2.24) is 0 Å². The number of carbonyl (C=O) groups excluding carboxylic acids is 1. The minimum atomic E-state index is -0.282. The van der Waals surface area contributed by atoms with Gasteiger partial charge in [0.25, 0.3) is 0 Å². The van der Waals surface area contributed by atoms with Crippen LogP contribution in [0.5, 0.6) is 0 Å². The summed E-state index contributed by atoms with van der Waals surface area (Å²) >= 11 is 0. The molecule has 0 amide bonds. The number of fused-ring (bicyclic) bond motifs is 1. The van der Waals surface area contributed by atoms with E-state index in [9.17, 15) is 4.79 Å². The average Bonchev–Trinajstić information content (AvgIpc) is 3.09. The number of esters is 1. The second-order valence-electron chi connectivity index (χ2n) is 6.04. The molecule has 0 spiro atoms. The summed E-state index contributed by atoms with van der Waals surface area (Å²) in [6.07, 6.45) is 7.70. The summed E-state index contributed by atoms with van der Waals surface area (Å²) in [7, 11) is 0. The van der Waals surface area contributed by atoms with E-state index in [4.69, 9.17) is 10.00 Å². The topological polar surface area (TPSA) is 65.7 Å². The van der Waals surface area contributed by atoms with E-state index in [0.717, 1.165) is 43.6 Å². The number of benzene rings is 1. The molecular weight excluding hydrogens is 302 g/mol. The molecule has 2 aliphatic heterocycles. The summed E-state index contributed by atoms with van der Waals surface area (Å²) in [4.78, 5) is 18.6. The van der Waals surface area contributed by atoms with Gasteiger partial charge in [-0.2, -0.15) is 5.26 Å². The Morgan fingerprint density at radius 1 is 1.42 bits per heavy atom. The summed E-state index contributed by atoms with van der Waals surface area (Å²) in [5.41, 5.74) is 4.59. The first-order chi connectivity index (χ1) is 11.8. The molecule has 3 rings (SSSR count). The number of carbonyl (C=O) groups is 1. The van der Waals surface area contributed by atoms with E-state index < -0.39 is 0 Å². The molecule has 1 aromatic rings. The van der Waals surface area contributed by atoms with Crippen molar-refractivity contribution in [2.45, 2.75) is 32.1 Å². The third-order valence-corrected chi connectivity index (χ3v) is 4.26. The summed E-state index contributed by atoms with van der Waals surface area (Å²) in [5, 5.41) is 8.49. The molecule has 5 heteroatoms. The van der Waals surface area contributed by atoms with Gasteiger partial charge in [0.1, 0.15) is 6.61 Å². The summed E-state index contributed by atoms with van der Waals surface area (Å²) in [6, 6.07) is 8.18. The molecule has 0 fully saturated rings. The Bertz CT molecular complexity index is 716. The number of aliphatic imine (C=N–C) groups is 1. The van der Waals surface area contributed by atoms with Crippen molar-refractivity contribution in [3.8, 4) is 6.07 Å². The van der Waals surface area contributed by atoms with Crippen molar-refractivity contribution in [3.05, 3.63) is 41.1 Å². The van der Waals surface area contributed by atoms with Crippen LogP contribution in [0, 0.1) is 11.3 Å². The van der Waals surface area contributed by atoms with Crippen LogP contribution in [0.15, 0.2) is 35.0 Å². The minimum Gasteiger partial charge on any atom is -0.464 e. The maximum atomic E-state index is 11.8. The molecule has 0 saturated carbocycles. The van der Waals surface area contributed by atoms with Gasteiger partial charge in [-0.3, -0.25) is 9.79 Å². The van der Waals surface area contributed by atoms with Gasteiger partial charge in [-0.1, -0.05) is 18.2 Å². The highest BCUT2D eigenvalue weighted by molar-refractivity contribution is 5.73. The molecule has 2 aliphatic rings. The largest absolute Gasteiger partial charge is 0.464 e. The standard InChI is InChI=1S/C19H21N3O2/c20-8-3-11-24-19(23)13-15-6-7-16-4-2-10-22(18(16)12-15)14-17-5-1-9-21-17/h5-7,9,12H,1-4,10-11,13-14H2. The van der Waals surface area contributed by atoms with Gasteiger partial charge in [-0.05, 0) is 30.0 Å². The number of nitriles is 1. The SMILES string of the molecule is N#CCCOC(=O)Cc1ccc2c(c1)N(CC1=CCC=N1)CCC2. The lowest BCUT2D eigenvalue weighted by atomic mass is 9.98. The van der Waals surface area contributed by atoms with Crippen molar-refractivity contribution in [3.63, 3.8) is 0 Å². The number of nitrogens with zero attached hydrogens (tertiary/aromatic N) is 3. The Kier molecular flexibility index (Phi) is 5.27. The second-order valence-corrected chi connectivity index (χ2v) is 6.04. The monoisotopic (exact) mass is 323 g/mol. The molecule has 0 saturated heterocycles. The molecule has 0 aliphatic carbocycles. The Morgan fingerprint density at radius 2 is 2.33 bits per heavy atom. The van der Waals surface area contributed by atoms with Gasteiger partial charge in [0.2, 0.25) is 0 Å². The number of hydrogen-bond donors (Lipinski definition) is 0. The summed E-state index contributed by atoms with van der Waals surface area (Å²) < 4.78 is 5.06. The highest BCUT2D eigenvalue weighted by Crippen LogP contribution is 2.29. The molecule has 0 bridgehead atoms. The van der Waals surface area contributed by atoms with Crippen molar-refractivity contribution in [2.75, 3.05) is 24.6 Å². The normalized spacial score (nSPS) is 15.6.